The number of rotatable bonds is 4. The van der Waals surface area contributed by atoms with E-state index in [-0.39, 0.29) is 17.4 Å². The van der Waals surface area contributed by atoms with E-state index in [0.29, 0.717) is 5.33 Å². The molecule has 0 bridgehead atoms. The third kappa shape index (κ3) is 3.36. The fraction of sp³-hybridized carbons (Fsp3) is 0.133. The summed E-state index contributed by atoms with van der Waals surface area (Å²) in [7, 11) is 0. The topological polar surface area (TPSA) is 49.3 Å². The number of phenols is 1. The van der Waals surface area contributed by atoms with Gasteiger partial charge in [-0.25, -0.2) is 4.39 Å². The first-order valence-electron chi connectivity index (χ1n) is 6.02. The van der Waals surface area contributed by atoms with Crippen LogP contribution in [0.2, 0.25) is 0 Å². The van der Waals surface area contributed by atoms with Gasteiger partial charge in [-0.2, -0.15) is 0 Å². The molecule has 2 rings (SSSR count). The highest BCUT2D eigenvalue weighted by molar-refractivity contribution is 9.09. The van der Waals surface area contributed by atoms with Crippen LogP contribution in [0.25, 0.3) is 0 Å². The summed E-state index contributed by atoms with van der Waals surface area (Å²) in [6, 6.07) is 12.5. The van der Waals surface area contributed by atoms with Crippen LogP contribution in [0.1, 0.15) is 22.0 Å². The number of carbonyl (C=O) groups excluding carboxylic acids is 1. The van der Waals surface area contributed by atoms with Crippen LogP contribution in [0, 0.1) is 5.82 Å². The van der Waals surface area contributed by atoms with E-state index in [1.165, 1.54) is 6.07 Å². The molecule has 0 saturated carbocycles. The number of hydrogen-bond donors (Lipinski definition) is 2. The van der Waals surface area contributed by atoms with Gasteiger partial charge in [0, 0.05) is 11.4 Å². The van der Waals surface area contributed by atoms with Crippen molar-refractivity contribution < 1.29 is 14.3 Å². The molecule has 0 aliphatic carbocycles. The predicted molar refractivity (Wildman–Crippen MR) is 78.5 cm³/mol. The van der Waals surface area contributed by atoms with Crippen molar-refractivity contribution >= 4 is 21.8 Å². The van der Waals surface area contributed by atoms with Gasteiger partial charge >= 0.3 is 0 Å². The molecule has 5 heteroatoms. The van der Waals surface area contributed by atoms with Crippen LogP contribution >= 0.6 is 15.9 Å². The second-order valence-corrected chi connectivity index (χ2v) is 4.90. The number of carbonyl (C=O) groups is 1. The summed E-state index contributed by atoms with van der Waals surface area (Å²) in [5.41, 5.74) is 0.993. The van der Waals surface area contributed by atoms with Gasteiger partial charge < -0.3 is 10.4 Å². The smallest absolute Gasteiger partial charge is 0.255 e. The van der Waals surface area contributed by atoms with E-state index in [1.54, 1.807) is 0 Å². The predicted octanol–water partition coefficient (Wildman–Crippen LogP) is 3.40. The third-order valence-electron chi connectivity index (χ3n) is 2.87. The fourth-order valence-electron chi connectivity index (χ4n) is 1.83. The number of phenolic OH excluding ortho intramolecular Hbond substituents is 1. The Bertz CT molecular complexity index is 604. The maximum Gasteiger partial charge on any atom is 0.255 e. The van der Waals surface area contributed by atoms with Crippen LogP contribution in [-0.4, -0.2) is 16.3 Å². The molecule has 0 aromatic heterocycles. The van der Waals surface area contributed by atoms with Crippen molar-refractivity contribution in [2.24, 2.45) is 0 Å². The zero-order chi connectivity index (χ0) is 14.5. The Labute approximate surface area is 124 Å². The van der Waals surface area contributed by atoms with E-state index < -0.39 is 11.7 Å². The highest BCUT2D eigenvalue weighted by Gasteiger charge is 2.17. The highest BCUT2D eigenvalue weighted by atomic mass is 79.9. The average Bonchev–Trinajstić information content (AvgIpc) is 2.45. The van der Waals surface area contributed by atoms with Crippen molar-refractivity contribution in [2.45, 2.75) is 6.04 Å². The molecular weight excluding hydrogens is 325 g/mol. The van der Waals surface area contributed by atoms with Crippen molar-refractivity contribution in [3.8, 4) is 5.75 Å². The van der Waals surface area contributed by atoms with Crippen LogP contribution in [0.15, 0.2) is 48.5 Å². The van der Waals surface area contributed by atoms with Gasteiger partial charge in [-0.05, 0) is 17.7 Å². The summed E-state index contributed by atoms with van der Waals surface area (Å²) in [5.74, 6) is -1.40. The number of halogens is 2. The Hall–Kier alpha value is -1.88. The zero-order valence-corrected chi connectivity index (χ0v) is 12.1. The molecule has 1 amide bonds. The average molecular weight is 338 g/mol. The Morgan fingerprint density at radius 3 is 2.55 bits per heavy atom. The fourth-order valence-corrected chi connectivity index (χ4v) is 2.36. The first-order chi connectivity index (χ1) is 9.61. The molecule has 0 aliphatic heterocycles. The third-order valence-corrected chi connectivity index (χ3v) is 3.51. The molecule has 0 spiro atoms. The summed E-state index contributed by atoms with van der Waals surface area (Å²) < 4.78 is 12.9. The first-order valence-corrected chi connectivity index (χ1v) is 7.14. The van der Waals surface area contributed by atoms with Gasteiger partial charge in [-0.3, -0.25) is 4.79 Å². The van der Waals surface area contributed by atoms with Gasteiger partial charge in [0.05, 0.1) is 11.6 Å². The molecule has 2 N–H and O–H groups in total. The van der Waals surface area contributed by atoms with E-state index in [1.807, 2.05) is 30.3 Å². The molecule has 2 aromatic rings. The zero-order valence-electron chi connectivity index (χ0n) is 10.5. The second kappa shape index (κ2) is 6.52. The lowest BCUT2D eigenvalue weighted by atomic mass is 10.1. The van der Waals surface area contributed by atoms with Gasteiger partial charge in [0.15, 0.2) is 0 Å². The minimum Gasteiger partial charge on any atom is -0.507 e. The first kappa shape index (κ1) is 14.5. The second-order valence-electron chi connectivity index (χ2n) is 4.25. The SMILES string of the molecule is O=C(NC(CBr)c1ccccc1)c1ccc(F)cc1O. The quantitative estimate of drug-likeness (QED) is 0.840. The Morgan fingerprint density at radius 2 is 1.95 bits per heavy atom. The van der Waals surface area contributed by atoms with Crippen molar-refractivity contribution in [1.29, 1.82) is 0 Å². The molecule has 1 atom stereocenters. The molecule has 104 valence electrons. The summed E-state index contributed by atoms with van der Waals surface area (Å²) in [6.07, 6.45) is 0. The van der Waals surface area contributed by atoms with E-state index in [2.05, 4.69) is 21.2 Å². The van der Waals surface area contributed by atoms with E-state index in [9.17, 15) is 14.3 Å². The molecular formula is C15H13BrFNO2. The standard InChI is InChI=1S/C15H13BrFNO2/c16-9-13(10-4-2-1-3-5-10)18-15(20)12-7-6-11(17)8-14(12)19/h1-8,13,19H,9H2,(H,18,20). The summed E-state index contributed by atoms with van der Waals surface area (Å²) in [4.78, 5) is 12.1. The minimum atomic E-state index is -0.584. The van der Waals surface area contributed by atoms with E-state index in [0.717, 1.165) is 17.7 Å². The van der Waals surface area contributed by atoms with Crippen LogP contribution in [0.5, 0.6) is 5.75 Å². The van der Waals surface area contributed by atoms with Gasteiger partial charge in [0.25, 0.3) is 5.91 Å². The number of aromatic hydroxyl groups is 1. The molecule has 0 fully saturated rings. The molecule has 3 nitrogen and oxygen atoms in total. The molecule has 0 radical (unpaired) electrons. The number of benzene rings is 2. The molecule has 0 heterocycles. The lowest BCUT2D eigenvalue weighted by molar-refractivity contribution is 0.0938. The Balaban J connectivity index is 2.17. The van der Waals surface area contributed by atoms with Crippen molar-refractivity contribution in [1.82, 2.24) is 5.32 Å². The van der Waals surface area contributed by atoms with Gasteiger partial charge in [-0.15, -0.1) is 0 Å². The number of amides is 1. The summed E-state index contributed by atoms with van der Waals surface area (Å²) >= 11 is 3.35. The summed E-state index contributed by atoms with van der Waals surface area (Å²) in [5, 5.41) is 12.9. The molecule has 20 heavy (non-hydrogen) atoms. The number of alkyl halides is 1. The van der Waals surface area contributed by atoms with E-state index in [4.69, 9.17) is 0 Å². The highest BCUT2D eigenvalue weighted by Crippen LogP contribution is 2.20. The van der Waals surface area contributed by atoms with E-state index >= 15 is 0 Å². The largest absolute Gasteiger partial charge is 0.507 e. The Kier molecular flexibility index (Phi) is 4.74. The van der Waals surface area contributed by atoms with Crippen LogP contribution < -0.4 is 5.32 Å². The molecule has 2 aromatic carbocycles. The Morgan fingerprint density at radius 1 is 1.25 bits per heavy atom. The maximum absolute atomic E-state index is 12.9. The van der Waals surface area contributed by atoms with Crippen molar-refractivity contribution in [3.05, 3.63) is 65.5 Å². The van der Waals surface area contributed by atoms with Gasteiger partial charge in [-0.1, -0.05) is 46.3 Å². The molecule has 1 unspecified atom stereocenters. The lowest BCUT2D eigenvalue weighted by Crippen LogP contribution is -2.29. The van der Waals surface area contributed by atoms with Gasteiger partial charge in [0.2, 0.25) is 0 Å². The van der Waals surface area contributed by atoms with Crippen molar-refractivity contribution in [3.63, 3.8) is 0 Å². The van der Waals surface area contributed by atoms with Crippen molar-refractivity contribution in [2.75, 3.05) is 5.33 Å². The number of hydrogen-bond acceptors (Lipinski definition) is 2. The molecule has 0 aliphatic rings. The molecule has 0 saturated heterocycles. The van der Waals surface area contributed by atoms with Crippen LogP contribution in [-0.2, 0) is 0 Å². The summed E-state index contributed by atoms with van der Waals surface area (Å²) in [6.45, 7) is 0. The minimum absolute atomic E-state index is 0.0493. The van der Waals surface area contributed by atoms with Crippen LogP contribution in [0.4, 0.5) is 4.39 Å². The van der Waals surface area contributed by atoms with Crippen LogP contribution in [0.3, 0.4) is 0 Å². The van der Waals surface area contributed by atoms with Gasteiger partial charge in [0.1, 0.15) is 11.6 Å². The number of nitrogens with one attached hydrogen (secondary N) is 1. The monoisotopic (exact) mass is 337 g/mol. The lowest BCUT2D eigenvalue weighted by Gasteiger charge is -2.17. The normalized spacial score (nSPS) is 11.9. The maximum atomic E-state index is 12.9.